The molecule has 2 aromatic carbocycles. The van der Waals surface area contributed by atoms with Gasteiger partial charge in [-0.15, -0.1) is 12.4 Å². The molecule has 0 N–H and O–H groups in total. The van der Waals surface area contributed by atoms with E-state index in [1.807, 2.05) is 4.90 Å². The van der Waals surface area contributed by atoms with Gasteiger partial charge in [-0.2, -0.15) is 0 Å². The fourth-order valence-electron chi connectivity index (χ4n) is 3.33. The Hall–Kier alpha value is -2.64. The van der Waals surface area contributed by atoms with E-state index in [-0.39, 0.29) is 28.8 Å². The molecule has 2 heterocycles. The average molecular weight is 439 g/mol. The van der Waals surface area contributed by atoms with E-state index >= 15 is 0 Å². The molecular weight excluding hydrogens is 421 g/mol. The molecule has 1 fully saturated rings. The Morgan fingerprint density at radius 1 is 0.966 bits per heavy atom. The van der Waals surface area contributed by atoms with Crippen LogP contribution in [0.3, 0.4) is 0 Å². The number of benzene rings is 2. The normalized spacial score (nSPS) is 13.9. The fraction of sp³-hybridized carbons (Fsp3) is 0.200. The largest absolute Gasteiger partial charge is 0.338 e. The number of nitrogens with zero attached hydrogens (tertiary/aromatic N) is 4. The summed E-state index contributed by atoms with van der Waals surface area (Å²) in [4.78, 5) is 20.6. The molecule has 1 saturated heterocycles. The molecule has 0 spiro atoms. The smallest absolute Gasteiger partial charge is 0.258 e. The molecule has 0 unspecified atom stereocenters. The standard InChI is InChI=1S/C20H17ClF2N4O.ClH/c21-14-4-3-6-16(23)18(14)19(28)25-10-12-26(13-11-25)20-24-8-9-27(20)17-7-2-1-5-15(17)22;/h1-9H,10-13H2;1H. The number of hydrogen-bond donors (Lipinski definition) is 0. The van der Waals surface area contributed by atoms with E-state index in [1.54, 1.807) is 40.1 Å². The summed E-state index contributed by atoms with van der Waals surface area (Å²) in [7, 11) is 0. The van der Waals surface area contributed by atoms with Gasteiger partial charge in [-0.05, 0) is 24.3 Å². The van der Waals surface area contributed by atoms with Crippen LogP contribution >= 0.6 is 24.0 Å². The van der Waals surface area contributed by atoms with Crippen molar-refractivity contribution in [2.24, 2.45) is 0 Å². The first kappa shape index (κ1) is 21.1. The minimum absolute atomic E-state index is 0. The molecule has 1 amide bonds. The number of amides is 1. The van der Waals surface area contributed by atoms with Crippen molar-refractivity contribution < 1.29 is 13.6 Å². The van der Waals surface area contributed by atoms with Crippen LogP contribution in [-0.2, 0) is 0 Å². The Morgan fingerprint density at radius 3 is 2.34 bits per heavy atom. The summed E-state index contributed by atoms with van der Waals surface area (Å²) >= 11 is 6.01. The average Bonchev–Trinajstić information content (AvgIpc) is 3.18. The van der Waals surface area contributed by atoms with Crippen LogP contribution in [0.1, 0.15) is 10.4 Å². The predicted molar refractivity (Wildman–Crippen MR) is 110 cm³/mol. The van der Waals surface area contributed by atoms with Gasteiger partial charge in [0, 0.05) is 38.6 Å². The molecule has 152 valence electrons. The van der Waals surface area contributed by atoms with Crippen molar-refractivity contribution in [3.05, 3.63) is 77.1 Å². The summed E-state index contributed by atoms with van der Waals surface area (Å²) in [5.74, 6) is -0.805. The van der Waals surface area contributed by atoms with Gasteiger partial charge in [0.1, 0.15) is 11.6 Å². The minimum atomic E-state index is -0.630. The number of carbonyl (C=O) groups excluding carboxylic acids is 1. The lowest BCUT2D eigenvalue weighted by molar-refractivity contribution is 0.0741. The maximum atomic E-state index is 14.2. The van der Waals surface area contributed by atoms with Crippen molar-refractivity contribution in [2.45, 2.75) is 0 Å². The molecule has 1 aromatic heterocycles. The summed E-state index contributed by atoms with van der Waals surface area (Å²) in [5, 5.41) is 0.0996. The summed E-state index contributed by atoms with van der Waals surface area (Å²) in [5.41, 5.74) is 0.303. The monoisotopic (exact) mass is 438 g/mol. The molecule has 0 bridgehead atoms. The molecule has 1 aliphatic rings. The third-order valence-electron chi connectivity index (χ3n) is 4.76. The van der Waals surface area contributed by atoms with E-state index in [0.29, 0.717) is 37.8 Å². The van der Waals surface area contributed by atoms with Gasteiger partial charge in [0.25, 0.3) is 5.91 Å². The Morgan fingerprint density at radius 2 is 1.66 bits per heavy atom. The number of para-hydroxylation sites is 1. The van der Waals surface area contributed by atoms with Gasteiger partial charge in [0.2, 0.25) is 5.95 Å². The second-order valence-electron chi connectivity index (χ2n) is 6.42. The zero-order chi connectivity index (χ0) is 19.7. The second kappa shape index (κ2) is 8.80. The molecule has 0 aliphatic carbocycles. The highest BCUT2D eigenvalue weighted by atomic mass is 35.5. The van der Waals surface area contributed by atoms with E-state index in [1.165, 1.54) is 24.3 Å². The number of anilines is 1. The number of imidazole rings is 1. The number of aromatic nitrogens is 2. The third kappa shape index (κ3) is 4.06. The first-order valence-corrected chi connectivity index (χ1v) is 9.20. The Labute approximate surface area is 177 Å². The van der Waals surface area contributed by atoms with Crippen molar-refractivity contribution in [1.29, 1.82) is 0 Å². The van der Waals surface area contributed by atoms with Crippen LogP contribution in [0.5, 0.6) is 0 Å². The Bertz CT molecular complexity index is 999. The Kier molecular flexibility index (Phi) is 6.39. The van der Waals surface area contributed by atoms with Crippen molar-refractivity contribution in [2.75, 3.05) is 31.1 Å². The Balaban J connectivity index is 0.00000240. The fourth-order valence-corrected chi connectivity index (χ4v) is 3.58. The van der Waals surface area contributed by atoms with Crippen molar-refractivity contribution >= 4 is 35.9 Å². The van der Waals surface area contributed by atoms with E-state index in [0.717, 1.165) is 0 Å². The van der Waals surface area contributed by atoms with Crippen molar-refractivity contribution in [3.8, 4) is 5.69 Å². The molecule has 9 heteroatoms. The number of halogens is 4. The van der Waals surface area contributed by atoms with Gasteiger partial charge >= 0.3 is 0 Å². The van der Waals surface area contributed by atoms with Crippen molar-refractivity contribution in [1.82, 2.24) is 14.5 Å². The van der Waals surface area contributed by atoms with Gasteiger partial charge in [-0.1, -0.05) is 29.8 Å². The summed E-state index contributed by atoms with van der Waals surface area (Å²) < 4.78 is 29.9. The third-order valence-corrected chi connectivity index (χ3v) is 5.07. The molecule has 5 nitrogen and oxygen atoms in total. The maximum Gasteiger partial charge on any atom is 0.258 e. The lowest BCUT2D eigenvalue weighted by Crippen LogP contribution is -2.49. The summed E-state index contributed by atoms with van der Waals surface area (Å²) in [6, 6.07) is 10.7. The SMILES string of the molecule is Cl.O=C(c1c(F)cccc1Cl)N1CCN(c2nccn2-c2ccccc2F)CC1. The summed E-state index contributed by atoms with van der Waals surface area (Å²) in [6.07, 6.45) is 3.31. The van der Waals surface area contributed by atoms with Crippen LogP contribution in [0.2, 0.25) is 5.02 Å². The van der Waals surface area contributed by atoms with Gasteiger partial charge < -0.3 is 9.80 Å². The molecular formula is C20H18Cl2F2N4O. The van der Waals surface area contributed by atoms with Gasteiger partial charge in [-0.3, -0.25) is 9.36 Å². The summed E-state index contributed by atoms with van der Waals surface area (Å²) in [6.45, 7) is 1.74. The number of hydrogen-bond acceptors (Lipinski definition) is 3. The number of piperazine rings is 1. The van der Waals surface area contributed by atoms with Crippen LogP contribution in [0.25, 0.3) is 5.69 Å². The minimum Gasteiger partial charge on any atom is -0.338 e. The number of carbonyl (C=O) groups is 1. The first-order chi connectivity index (χ1) is 13.6. The molecule has 0 saturated carbocycles. The van der Waals surface area contributed by atoms with E-state index < -0.39 is 11.7 Å². The van der Waals surface area contributed by atoms with Crippen LogP contribution in [0.4, 0.5) is 14.7 Å². The predicted octanol–water partition coefficient (Wildman–Crippen LogP) is 4.19. The van der Waals surface area contributed by atoms with Gasteiger partial charge in [0.05, 0.1) is 16.3 Å². The lowest BCUT2D eigenvalue weighted by atomic mass is 10.1. The van der Waals surface area contributed by atoms with Crippen LogP contribution in [0, 0.1) is 11.6 Å². The topological polar surface area (TPSA) is 41.4 Å². The van der Waals surface area contributed by atoms with E-state index in [4.69, 9.17) is 11.6 Å². The van der Waals surface area contributed by atoms with Crippen LogP contribution < -0.4 is 4.90 Å². The second-order valence-corrected chi connectivity index (χ2v) is 6.83. The zero-order valence-electron chi connectivity index (χ0n) is 15.3. The van der Waals surface area contributed by atoms with E-state index in [2.05, 4.69) is 4.98 Å². The maximum absolute atomic E-state index is 14.2. The molecule has 0 radical (unpaired) electrons. The highest BCUT2D eigenvalue weighted by Gasteiger charge is 2.27. The molecule has 4 rings (SSSR count). The molecule has 0 atom stereocenters. The van der Waals surface area contributed by atoms with Gasteiger partial charge in [0.15, 0.2) is 0 Å². The van der Waals surface area contributed by atoms with Crippen LogP contribution in [0.15, 0.2) is 54.9 Å². The first-order valence-electron chi connectivity index (χ1n) is 8.83. The lowest BCUT2D eigenvalue weighted by Gasteiger charge is -2.35. The van der Waals surface area contributed by atoms with E-state index in [9.17, 15) is 13.6 Å². The molecule has 1 aliphatic heterocycles. The quantitative estimate of drug-likeness (QED) is 0.615. The number of rotatable bonds is 3. The highest BCUT2D eigenvalue weighted by Crippen LogP contribution is 2.24. The molecule has 3 aromatic rings. The van der Waals surface area contributed by atoms with Gasteiger partial charge in [-0.25, -0.2) is 13.8 Å². The zero-order valence-corrected chi connectivity index (χ0v) is 16.8. The molecule has 29 heavy (non-hydrogen) atoms. The van der Waals surface area contributed by atoms with Crippen LogP contribution in [-0.4, -0.2) is 46.5 Å². The highest BCUT2D eigenvalue weighted by molar-refractivity contribution is 6.33. The van der Waals surface area contributed by atoms with Crippen molar-refractivity contribution in [3.63, 3.8) is 0 Å².